The van der Waals surface area contributed by atoms with Crippen LogP contribution in [0.15, 0.2) is 24.3 Å². The summed E-state index contributed by atoms with van der Waals surface area (Å²) in [6.07, 6.45) is 2.16. The predicted molar refractivity (Wildman–Crippen MR) is 81.6 cm³/mol. The summed E-state index contributed by atoms with van der Waals surface area (Å²) < 4.78 is 4.10. The minimum absolute atomic E-state index is 0.144. The van der Waals surface area contributed by atoms with Crippen LogP contribution in [0, 0.1) is 0 Å². The summed E-state index contributed by atoms with van der Waals surface area (Å²) in [7, 11) is 0. The number of hydrazine groups is 1. The summed E-state index contributed by atoms with van der Waals surface area (Å²) in [5, 5.41) is 4.25. The Morgan fingerprint density at radius 1 is 1.40 bits per heavy atom. The van der Waals surface area contributed by atoms with Crippen molar-refractivity contribution in [2.75, 3.05) is 0 Å². The van der Waals surface area contributed by atoms with Crippen LogP contribution in [0.3, 0.4) is 0 Å². The molecule has 0 aliphatic heterocycles. The molecule has 20 heavy (non-hydrogen) atoms. The van der Waals surface area contributed by atoms with Crippen LogP contribution in [-0.4, -0.2) is 9.59 Å². The van der Waals surface area contributed by atoms with Crippen LogP contribution in [0.1, 0.15) is 59.8 Å². The number of nitrogens with one attached hydrogen (secondary N) is 1. The minimum Gasteiger partial charge on any atom is -0.271 e. The highest BCUT2D eigenvalue weighted by molar-refractivity contribution is 7.05. The number of nitrogens with zero attached hydrogens (tertiary/aromatic N) is 2. The van der Waals surface area contributed by atoms with E-state index < -0.39 is 0 Å². The first kappa shape index (κ1) is 13.7. The van der Waals surface area contributed by atoms with Crippen molar-refractivity contribution in [2.45, 2.75) is 44.6 Å². The van der Waals surface area contributed by atoms with Crippen molar-refractivity contribution in [2.24, 2.45) is 5.84 Å². The third-order valence-electron chi connectivity index (χ3n) is 4.09. The second-order valence-electron chi connectivity index (χ2n) is 5.73. The van der Waals surface area contributed by atoms with Gasteiger partial charge < -0.3 is 0 Å². The molecule has 1 aliphatic carbocycles. The molecular formula is C15H20N4S. The van der Waals surface area contributed by atoms with Crippen molar-refractivity contribution >= 4 is 11.5 Å². The summed E-state index contributed by atoms with van der Waals surface area (Å²) >= 11 is 1.46. The number of aromatic nitrogens is 2. The standard InChI is InChI=1S/C15H20N4S/c1-9(2)14-15(20-19-18-14)13(17-16)8-11-7-10-5-3-4-6-12(10)11/h3-6,9,11,13,17H,7-8,16H2,1-2H3. The summed E-state index contributed by atoms with van der Waals surface area (Å²) in [6.45, 7) is 4.29. The molecule has 5 heteroatoms. The number of benzene rings is 1. The smallest absolute Gasteiger partial charge is 0.0829 e. The number of fused-ring (bicyclic) bond motifs is 1. The first-order valence-corrected chi connectivity index (χ1v) is 7.84. The Balaban J connectivity index is 1.77. The predicted octanol–water partition coefficient (Wildman–Crippen LogP) is 2.90. The van der Waals surface area contributed by atoms with E-state index in [-0.39, 0.29) is 6.04 Å². The Kier molecular flexibility index (Phi) is 3.83. The molecule has 0 spiro atoms. The third-order valence-corrected chi connectivity index (χ3v) is 4.94. The van der Waals surface area contributed by atoms with Crippen molar-refractivity contribution in [3.05, 3.63) is 46.0 Å². The van der Waals surface area contributed by atoms with Gasteiger partial charge >= 0.3 is 0 Å². The lowest BCUT2D eigenvalue weighted by Gasteiger charge is -2.32. The van der Waals surface area contributed by atoms with Gasteiger partial charge in [0.25, 0.3) is 0 Å². The van der Waals surface area contributed by atoms with Crippen molar-refractivity contribution in [3.8, 4) is 0 Å². The van der Waals surface area contributed by atoms with Crippen LogP contribution in [0.2, 0.25) is 0 Å². The van der Waals surface area contributed by atoms with Gasteiger partial charge in [0, 0.05) is 0 Å². The quantitative estimate of drug-likeness (QED) is 0.656. The van der Waals surface area contributed by atoms with Gasteiger partial charge in [0.1, 0.15) is 0 Å². The van der Waals surface area contributed by atoms with Crippen LogP contribution < -0.4 is 11.3 Å². The maximum Gasteiger partial charge on any atom is 0.0829 e. The highest BCUT2D eigenvalue weighted by Crippen LogP contribution is 2.41. The minimum atomic E-state index is 0.144. The van der Waals surface area contributed by atoms with Gasteiger partial charge in [-0.15, -0.1) is 5.10 Å². The van der Waals surface area contributed by atoms with Crippen molar-refractivity contribution in [1.82, 2.24) is 15.0 Å². The van der Waals surface area contributed by atoms with Crippen molar-refractivity contribution in [3.63, 3.8) is 0 Å². The highest BCUT2D eigenvalue weighted by atomic mass is 32.1. The zero-order valence-corrected chi connectivity index (χ0v) is 12.7. The highest BCUT2D eigenvalue weighted by Gasteiger charge is 2.30. The van der Waals surface area contributed by atoms with Gasteiger partial charge in [-0.2, -0.15) is 0 Å². The molecule has 1 heterocycles. The van der Waals surface area contributed by atoms with Gasteiger partial charge in [0.2, 0.25) is 0 Å². The van der Waals surface area contributed by atoms with E-state index >= 15 is 0 Å². The van der Waals surface area contributed by atoms with E-state index in [0.717, 1.165) is 18.5 Å². The summed E-state index contributed by atoms with van der Waals surface area (Å²) in [4.78, 5) is 1.19. The summed E-state index contributed by atoms with van der Waals surface area (Å²) in [5.41, 5.74) is 6.98. The second kappa shape index (κ2) is 5.60. The summed E-state index contributed by atoms with van der Waals surface area (Å²) in [6, 6.07) is 8.81. The molecule has 1 aromatic heterocycles. The molecule has 0 radical (unpaired) electrons. The first-order valence-electron chi connectivity index (χ1n) is 7.06. The van der Waals surface area contributed by atoms with Crippen LogP contribution >= 0.6 is 11.5 Å². The average molecular weight is 288 g/mol. The first-order chi connectivity index (χ1) is 9.70. The van der Waals surface area contributed by atoms with E-state index in [4.69, 9.17) is 5.84 Å². The monoisotopic (exact) mass is 288 g/mol. The van der Waals surface area contributed by atoms with Gasteiger partial charge in [0.15, 0.2) is 0 Å². The molecule has 0 saturated heterocycles. The zero-order chi connectivity index (χ0) is 14.1. The van der Waals surface area contributed by atoms with Gasteiger partial charge in [0.05, 0.1) is 16.6 Å². The fourth-order valence-corrected chi connectivity index (χ4v) is 3.83. The molecule has 2 aromatic rings. The second-order valence-corrected chi connectivity index (χ2v) is 6.52. The van der Waals surface area contributed by atoms with E-state index in [0.29, 0.717) is 11.8 Å². The molecule has 1 aliphatic rings. The fourth-order valence-electron chi connectivity index (χ4n) is 2.95. The maximum absolute atomic E-state index is 5.78. The zero-order valence-electron chi connectivity index (χ0n) is 11.8. The number of hydrogen-bond donors (Lipinski definition) is 2. The normalized spacial score (nSPS) is 18.7. The molecule has 3 N–H and O–H groups in total. The number of nitrogens with two attached hydrogens (primary N) is 1. The van der Waals surface area contributed by atoms with E-state index in [1.54, 1.807) is 0 Å². The van der Waals surface area contributed by atoms with Crippen molar-refractivity contribution < 1.29 is 0 Å². The van der Waals surface area contributed by atoms with Gasteiger partial charge in [-0.1, -0.05) is 42.6 Å². The van der Waals surface area contributed by atoms with Crippen molar-refractivity contribution in [1.29, 1.82) is 0 Å². The van der Waals surface area contributed by atoms with Gasteiger partial charge in [-0.3, -0.25) is 11.3 Å². The molecular weight excluding hydrogens is 268 g/mol. The van der Waals surface area contributed by atoms with Crippen LogP contribution in [-0.2, 0) is 6.42 Å². The molecule has 3 rings (SSSR count). The lowest BCUT2D eigenvalue weighted by molar-refractivity contribution is 0.436. The number of rotatable bonds is 5. The van der Waals surface area contributed by atoms with E-state index in [9.17, 15) is 0 Å². The van der Waals surface area contributed by atoms with Crippen LogP contribution in [0.4, 0.5) is 0 Å². The van der Waals surface area contributed by atoms with Crippen LogP contribution in [0.5, 0.6) is 0 Å². The molecule has 106 valence electrons. The Morgan fingerprint density at radius 2 is 2.20 bits per heavy atom. The maximum atomic E-state index is 5.78. The molecule has 0 bridgehead atoms. The number of hydrogen-bond acceptors (Lipinski definition) is 5. The Hall–Kier alpha value is -1.30. The Bertz CT molecular complexity index is 593. The lowest BCUT2D eigenvalue weighted by Crippen LogP contribution is -2.31. The Labute approximate surface area is 123 Å². The molecule has 2 unspecified atom stereocenters. The molecule has 0 amide bonds. The molecule has 1 aromatic carbocycles. The third kappa shape index (κ3) is 2.37. The molecule has 4 nitrogen and oxygen atoms in total. The van der Waals surface area contributed by atoms with Gasteiger partial charge in [-0.05, 0) is 47.3 Å². The Morgan fingerprint density at radius 3 is 2.90 bits per heavy atom. The average Bonchev–Trinajstić information content (AvgIpc) is 2.89. The van der Waals surface area contributed by atoms with E-state index in [2.05, 4.69) is 53.1 Å². The molecule has 0 fully saturated rings. The largest absolute Gasteiger partial charge is 0.271 e. The SMILES string of the molecule is CC(C)c1nnsc1C(CC1Cc2ccccc21)NN. The van der Waals surface area contributed by atoms with E-state index in [1.165, 1.54) is 27.5 Å². The summed E-state index contributed by atoms with van der Waals surface area (Å²) in [5.74, 6) is 6.76. The topological polar surface area (TPSA) is 63.8 Å². The van der Waals surface area contributed by atoms with E-state index in [1.807, 2.05) is 0 Å². The lowest BCUT2D eigenvalue weighted by atomic mass is 9.74. The van der Waals surface area contributed by atoms with Gasteiger partial charge in [-0.25, -0.2) is 0 Å². The molecule has 0 saturated carbocycles. The molecule has 2 atom stereocenters. The fraction of sp³-hybridized carbons (Fsp3) is 0.467. The van der Waals surface area contributed by atoms with Crippen LogP contribution in [0.25, 0.3) is 0 Å².